The number of cyclic esters (lactones) is 1. The van der Waals surface area contributed by atoms with Crippen LogP contribution in [0.2, 0.25) is 0 Å². The molecule has 0 bridgehead atoms. The zero-order chi connectivity index (χ0) is 11.5. The average molecular weight is 222 g/mol. The lowest BCUT2D eigenvalue weighted by atomic mass is 9.87. The summed E-state index contributed by atoms with van der Waals surface area (Å²) in [6.45, 7) is 2.62. The lowest BCUT2D eigenvalue weighted by molar-refractivity contribution is -0.141. The van der Waals surface area contributed by atoms with Gasteiger partial charge in [0.05, 0.1) is 18.9 Å². The van der Waals surface area contributed by atoms with Crippen molar-refractivity contribution in [1.29, 1.82) is 0 Å². The van der Waals surface area contributed by atoms with Crippen molar-refractivity contribution in [3.05, 3.63) is 12.3 Å². The number of hydrogen-bond donors (Lipinski definition) is 0. The van der Waals surface area contributed by atoms with Gasteiger partial charge in [0.2, 0.25) is 0 Å². The standard InChI is InChI=1S/C12H18N2O2/c1-3-11-9(7-16-12(11)15)6-10-4-5-13-8-14(10)2/h4-5,8-11H,3,6-7H2,1-2H3/t9-,10?,11?/m0/s1. The smallest absolute Gasteiger partial charge is 0.309 e. The summed E-state index contributed by atoms with van der Waals surface area (Å²) in [5, 5.41) is 0. The van der Waals surface area contributed by atoms with Crippen LogP contribution in [-0.2, 0) is 9.53 Å². The fourth-order valence-electron chi connectivity index (χ4n) is 2.41. The number of carbonyl (C=O) groups excluding carboxylic acids is 1. The molecule has 0 spiro atoms. The molecule has 16 heavy (non-hydrogen) atoms. The Kier molecular flexibility index (Phi) is 3.27. The molecule has 4 heteroatoms. The Morgan fingerprint density at radius 3 is 3.12 bits per heavy atom. The van der Waals surface area contributed by atoms with E-state index in [1.54, 1.807) is 0 Å². The van der Waals surface area contributed by atoms with Gasteiger partial charge in [-0.15, -0.1) is 0 Å². The fraction of sp³-hybridized carbons (Fsp3) is 0.667. The van der Waals surface area contributed by atoms with E-state index >= 15 is 0 Å². The van der Waals surface area contributed by atoms with Gasteiger partial charge in [-0.3, -0.25) is 4.79 Å². The topological polar surface area (TPSA) is 41.9 Å². The SMILES string of the molecule is CCC1C(=O)OC[C@@H]1CC1C=CN=CN1C. The van der Waals surface area contributed by atoms with Gasteiger partial charge in [0, 0.05) is 25.2 Å². The Morgan fingerprint density at radius 2 is 2.44 bits per heavy atom. The highest BCUT2D eigenvalue weighted by Gasteiger charge is 2.36. The van der Waals surface area contributed by atoms with E-state index < -0.39 is 0 Å². The van der Waals surface area contributed by atoms with E-state index in [1.165, 1.54) is 0 Å². The predicted molar refractivity (Wildman–Crippen MR) is 62.0 cm³/mol. The van der Waals surface area contributed by atoms with Crippen LogP contribution in [0.1, 0.15) is 19.8 Å². The molecule has 88 valence electrons. The van der Waals surface area contributed by atoms with Gasteiger partial charge < -0.3 is 9.64 Å². The molecule has 0 aliphatic carbocycles. The summed E-state index contributed by atoms with van der Waals surface area (Å²) in [4.78, 5) is 17.6. The first-order chi connectivity index (χ1) is 7.72. The highest BCUT2D eigenvalue weighted by Crippen LogP contribution is 2.30. The molecule has 1 fully saturated rings. The van der Waals surface area contributed by atoms with Crippen LogP contribution in [0.15, 0.2) is 17.3 Å². The van der Waals surface area contributed by atoms with Crippen LogP contribution in [0.4, 0.5) is 0 Å². The van der Waals surface area contributed by atoms with E-state index in [-0.39, 0.29) is 11.9 Å². The van der Waals surface area contributed by atoms with Gasteiger partial charge in [-0.1, -0.05) is 6.92 Å². The summed E-state index contributed by atoms with van der Waals surface area (Å²) in [5.41, 5.74) is 0. The van der Waals surface area contributed by atoms with E-state index in [1.807, 2.05) is 26.5 Å². The van der Waals surface area contributed by atoms with Gasteiger partial charge in [-0.05, 0) is 18.9 Å². The lowest BCUT2D eigenvalue weighted by Gasteiger charge is -2.28. The van der Waals surface area contributed by atoms with Gasteiger partial charge in [-0.25, -0.2) is 4.99 Å². The van der Waals surface area contributed by atoms with Crippen molar-refractivity contribution in [1.82, 2.24) is 4.90 Å². The van der Waals surface area contributed by atoms with Gasteiger partial charge in [-0.2, -0.15) is 0 Å². The molecule has 0 aromatic rings. The van der Waals surface area contributed by atoms with Crippen LogP contribution in [-0.4, -0.2) is 36.9 Å². The number of nitrogens with zero attached hydrogens (tertiary/aromatic N) is 2. The van der Waals surface area contributed by atoms with Crippen molar-refractivity contribution in [3.8, 4) is 0 Å². The Bertz CT molecular complexity index is 325. The normalized spacial score (nSPS) is 33.2. The third-order valence-electron chi connectivity index (χ3n) is 3.46. The molecule has 2 unspecified atom stereocenters. The molecule has 1 saturated heterocycles. The number of ether oxygens (including phenoxy) is 1. The minimum absolute atomic E-state index is 0.0244. The lowest BCUT2D eigenvalue weighted by Crippen LogP contribution is -2.33. The van der Waals surface area contributed by atoms with Gasteiger partial charge >= 0.3 is 5.97 Å². The van der Waals surface area contributed by atoms with Crippen LogP contribution >= 0.6 is 0 Å². The maximum atomic E-state index is 11.5. The Balaban J connectivity index is 1.97. The van der Waals surface area contributed by atoms with Crippen molar-refractivity contribution < 1.29 is 9.53 Å². The number of hydrogen-bond acceptors (Lipinski definition) is 4. The summed E-state index contributed by atoms with van der Waals surface area (Å²) in [7, 11) is 2.01. The van der Waals surface area contributed by atoms with E-state index in [0.29, 0.717) is 18.6 Å². The van der Waals surface area contributed by atoms with Crippen LogP contribution in [0, 0.1) is 11.8 Å². The molecule has 0 radical (unpaired) electrons. The summed E-state index contributed by atoms with van der Waals surface area (Å²) >= 11 is 0. The molecule has 3 atom stereocenters. The van der Waals surface area contributed by atoms with Crippen LogP contribution in [0.5, 0.6) is 0 Å². The van der Waals surface area contributed by atoms with Crippen LogP contribution in [0.25, 0.3) is 0 Å². The van der Waals surface area contributed by atoms with Crippen molar-refractivity contribution in [2.24, 2.45) is 16.8 Å². The largest absolute Gasteiger partial charge is 0.465 e. The third-order valence-corrected chi connectivity index (χ3v) is 3.46. The Hall–Kier alpha value is -1.32. The van der Waals surface area contributed by atoms with E-state index in [4.69, 9.17) is 4.74 Å². The summed E-state index contributed by atoms with van der Waals surface area (Å²) in [5.74, 6) is 0.408. The zero-order valence-corrected chi connectivity index (χ0v) is 9.80. The van der Waals surface area contributed by atoms with Gasteiger partial charge in [0.25, 0.3) is 0 Å². The fourth-order valence-corrected chi connectivity index (χ4v) is 2.41. The molecule has 0 saturated carbocycles. The first-order valence-corrected chi connectivity index (χ1v) is 5.81. The molecule has 2 aliphatic heterocycles. The molecule has 0 aromatic carbocycles. The van der Waals surface area contributed by atoms with Crippen molar-refractivity contribution in [2.75, 3.05) is 13.7 Å². The maximum absolute atomic E-state index is 11.5. The summed E-state index contributed by atoms with van der Waals surface area (Å²) < 4.78 is 5.13. The second kappa shape index (κ2) is 4.68. The Labute approximate surface area is 96.0 Å². The quantitative estimate of drug-likeness (QED) is 0.678. The van der Waals surface area contributed by atoms with Gasteiger partial charge in [0.15, 0.2) is 0 Å². The second-order valence-corrected chi connectivity index (χ2v) is 4.48. The summed E-state index contributed by atoms with van der Waals surface area (Å²) in [6, 6.07) is 0.339. The van der Waals surface area contributed by atoms with Crippen molar-refractivity contribution >= 4 is 12.3 Å². The first kappa shape index (κ1) is 11.2. The summed E-state index contributed by atoms with van der Waals surface area (Å²) in [6.07, 6.45) is 7.56. The van der Waals surface area contributed by atoms with E-state index in [0.717, 1.165) is 12.8 Å². The minimum atomic E-state index is -0.0244. The van der Waals surface area contributed by atoms with Crippen molar-refractivity contribution in [2.45, 2.75) is 25.8 Å². The zero-order valence-electron chi connectivity index (χ0n) is 9.80. The number of esters is 1. The minimum Gasteiger partial charge on any atom is -0.465 e. The monoisotopic (exact) mass is 222 g/mol. The molecule has 0 amide bonds. The van der Waals surface area contributed by atoms with Gasteiger partial charge in [0.1, 0.15) is 0 Å². The molecular formula is C12H18N2O2. The van der Waals surface area contributed by atoms with Crippen LogP contribution in [0.3, 0.4) is 0 Å². The van der Waals surface area contributed by atoms with Crippen molar-refractivity contribution in [3.63, 3.8) is 0 Å². The third kappa shape index (κ3) is 2.10. The molecule has 2 aliphatic rings. The molecule has 4 nitrogen and oxygen atoms in total. The second-order valence-electron chi connectivity index (χ2n) is 4.48. The number of aliphatic imine (C=N–C) groups is 1. The predicted octanol–water partition coefficient (Wildman–Crippen LogP) is 1.43. The van der Waals surface area contributed by atoms with E-state index in [2.05, 4.69) is 16.0 Å². The molecule has 2 heterocycles. The van der Waals surface area contributed by atoms with Crippen LogP contribution < -0.4 is 0 Å². The maximum Gasteiger partial charge on any atom is 0.309 e. The number of rotatable bonds is 3. The molecule has 0 aromatic heterocycles. The number of carbonyl (C=O) groups is 1. The van der Waals surface area contributed by atoms with E-state index in [9.17, 15) is 4.79 Å². The average Bonchev–Trinajstić information content (AvgIpc) is 2.63. The Morgan fingerprint density at radius 1 is 1.62 bits per heavy atom. The number of likely N-dealkylation sites (N-methyl/N-ethyl adjacent to an activating group) is 1. The molecule has 0 N–H and O–H groups in total. The first-order valence-electron chi connectivity index (χ1n) is 5.81. The molecule has 2 rings (SSSR count). The highest BCUT2D eigenvalue weighted by atomic mass is 16.5. The highest BCUT2D eigenvalue weighted by molar-refractivity contribution is 5.74. The molecular weight excluding hydrogens is 204 g/mol.